The summed E-state index contributed by atoms with van der Waals surface area (Å²) in [6.45, 7) is 0.812. The van der Waals surface area contributed by atoms with Gasteiger partial charge in [0.05, 0.1) is 15.8 Å². The number of nitrogens with one attached hydrogen (secondary N) is 1. The topological polar surface area (TPSA) is 68.1 Å². The molecule has 21 heavy (non-hydrogen) atoms. The molecule has 1 aliphatic carbocycles. The predicted molar refractivity (Wildman–Crippen MR) is 83.5 cm³/mol. The van der Waals surface area contributed by atoms with Gasteiger partial charge < -0.3 is 5.32 Å². The molecule has 110 valence electrons. The van der Waals surface area contributed by atoms with Crippen molar-refractivity contribution in [3.8, 4) is 0 Å². The lowest BCUT2D eigenvalue weighted by Crippen LogP contribution is -2.17. The van der Waals surface area contributed by atoms with Crippen LogP contribution in [0.4, 0.5) is 11.4 Å². The first-order valence-electron chi connectivity index (χ1n) is 7.51. The van der Waals surface area contributed by atoms with Gasteiger partial charge in [0.15, 0.2) is 0 Å². The van der Waals surface area contributed by atoms with E-state index in [-0.39, 0.29) is 10.6 Å². The van der Waals surface area contributed by atoms with E-state index in [1.807, 2.05) is 6.07 Å². The van der Waals surface area contributed by atoms with Gasteiger partial charge in [-0.2, -0.15) is 0 Å². The number of nitrogens with zero attached hydrogens (tertiary/aromatic N) is 2. The maximum Gasteiger partial charge on any atom is 0.301 e. The Labute approximate surface area is 123 Å². The lowest BCUT2D eigenvalue weighted by Gasteiger charge is -2.22. The van der Waals surface area contributed by atoms with E-state index in [9.17, 15) is 10.1 Å². The molecular weight excluding hydrogens is 266 g/mol. The van der Waals surface area contributed by atoms with Gasteiger partial charge in [-0.25, -0.2) is 0 Å². The molecule has 1 fully saturated rings. The molecule has 0 spiro atoms. The van der Waals surface area contributed by atoms with Crippen LogP contribution in [0.25, 0.3) is 10.9 Å². The van der Waals surface area contributed by atoms with Crippen LogP contribution in [0.2, 0.25) is 0 Å². The number of nitro benzene ring substituents is 1. The number of hydrogen-bond acceptors (Lipinski definition) is 4. The highest BCUT2D eigenvalue weighted by atomic mass is 16.6. The minimum Gasteiger partial charge on any atom is -0.379 e. The van der Waals surface area contributed by atoms with Crippen molar-refractivity contribution in [2.75, 3.05) is 11.9 Å². The first-order valence-corrected chi connectivity index (χ1v) is 7.51. The summed E-state index contributed by atoms with van der Waals surface area (Å²) in [5.41, 5.74) is 1.40. The fourth-order valence-corrected chi connectivity index (χ4v) is 3.12. The van der Waals surface area contributed by atoms with Gasteiger partial charge in [0.25, 0.3) is 0 Å². The van der Waals surface area contributed by atoms with Crippen LogP contribution < -0.4 is 5.32 Å². The maximum atomic E-state index is 11.4. The van der Waals surface area contributed by atoms with E-state index in [1.54, 1.807) is 24.4 Å². The summed E-state index contributed by atoms with van der Waals surface area (Å²) in [5.74, 6) is 0.628. The monoisotopic (exact) mass is 285 g/mol. The zero-order chi connectivity index (χ0) is 14.7. The Balaban J connectivity index is 1.87. The fourth-order valence-electron chi connectivity index (χ4n) is 3.12. The largest absolute Gasteiger partial charge is 0.379 e. The van der Waals surface area contributed by atoms with Crippen molar-refractivity contribution in [2.45, 2.75) is 32.1 Å². The van der Waals surface area contributed by atoms with E-state index in [4.69, 9.17) is 0 Å². The lowest BCUT2D eigenvalue weighted by atomic mass is 9.89. The molecule has 1 heterocycles. The van der Waals surface area contributed by atoms with Crippen LogP contribution >= 0.6 is 0 Å². The second-order valence-electron chi connectivity index (χ2n) is 5.67. The number of pyridine rings is 1. The number of fused-ring (bicyclic) bond motifs is 1. The van der Waals surface area contributed by atoms with Crippen LogP contribution in [0.15, 0.2) is 30.5 Å². The second kappa shape index (κ2) is 6.08. The molecule has 0 aliphatic heterocycles. The summed E-state index contributed by atoms with van der Waals surface area (Å²) in [7, 11) is 0. The normalized spacial score (nSPS) is 16.0. The molecule has 1 saturated carbocycles. The van der Waals surface area contributed by atoms with Gasteiger partial charge in [0, 0.05) is 12.7 Å². The highest BCUT2D eigenvalue weighted by Crippen LogP contribution is 2.33. The molecule has 0 saturated heterocycles. The summed E-state index contributed by atoms with van der Waals surface area (Å²) in [6.07, 6.45) is 7.96. The Hall–Kier alpha value is -2.17. The molecule has 1 aromatic heterocycles. The third-order valence-corrected chi connectivity index (χ3v) is 4.25. The molecule has 3 rings (SSSR count). The average molecular weight is 285 g/mol. The van der Waals surface area contributed by atoms with Gasteiger partial charge in [-0.15, -0.1) is 0 Å². The van der Waals surface area contributed by atoms with Crippen molar-refractivity contribution in [3.05, 3.63) is 40.6 Å². The van der Waals surface area contributed by atoms with Crippen molar-refractivity contribution in [1.29, 1.82) is 0 Å². The standard InChI is InChI=1S/C16H19N3O2/c20-19(21)16-13-7-4-10-17-14(13)8-9-15(16)18-11-12-5-2-1-3-6-12/h4,7-10,12,18H,1-3,5-6,11H2. The Morgan fingerprint density at radius 1 is 1.24 bits per heavy atom. The molecule has 0 unspecified atom stereocenters. The van der Waals surface area contributed by atoms with Crippen LogP contribution in [-0.4, -0.2) is 16.5 Å². The van der Waals surface area contributed by atoms with E-state index < -0.39 is 0 Å². The number of rotatable bonds is 4. The lowest BCUT2D eigenvalue weighted by molar-refractivity contribution is -0.382. The molecule has 5 nitrogen and oxygen atoms in total. The van der Waals surface area contributed by atoms with Gasteiger partial charge in [-0.1, -0.05) is 19.3 Å². The number of nitro groups is 1. The minimum absolute atomic E-state index is 0.136. The summed E-state index contributed by atoms with van der Waals surface area (Å²) in [4.78, 5) is 15.3. The van der Waals surface area contributed by atoms with E-state index in [2.05, 4.69) is 10.3 Å². The molecule has 0 amide bonds. The zero-order valence-corrected chi connectivity index (χ0v) is 11.9. The highest BCUT2D eigenvalue weighted by molar-refractivity contribution is 5.94. The van der Waals surface area contributed by atoms with Crippen molar-refractivity contribution < 1.29 is 4.92 Å². The number of anilines is 1. The quantitative estimate of drug-likeness (QED) is 0.677. The van der Waals surface area contributed by atoms with Crippen LogP contribution in [0.1, 0.15) is 32.1 Å². The van der Waals surface area contributed by atoms with Crippen molar-refractivity contribution >= 4 is 22.3 Å². The van der Waals surface area contributed by atoms with Gasteiger partial charge in [-0.3, -0.25) is 15.1 Å². The van der Waals surface area contributed by atoms with Gasteiger partial charge in [0.2, 0.25) is 0 Å². The second-order valence-corrected chi connectivity index (χ2v) is 5.67. The Morgan fingerprint density at radius 2 is 2.05 bits per heavy atom. The third-order valence-electron chi connectivity index (χ3n) is 4.25. The van der Waals surface area contributed by atoms with Gasteiger partial charge in [-0.05, 0) is 43.0 Å². The first kappa shape index (κ1) is 13.8. The van der Waals surface area contributed by atoms with Crippen LogP contribution in [0.5, 0.6) is 0 Å². The summed E-state index contributed by atoms with van der Waals surface area (Å²) < 4.78 is 0. The third kappa shape index (κ3) is 2.96. The summed E-state index contributed by atoms with van der Waals surface area (Å²) >= 11 is 0. The van der Waals surface area contributed by atoms with Crippen molar-refractivity contribution in [1.82, 2.24) is 4.98 Å². The number of hydrogen-bond donors (Lipinski definition) is 1. The van der Waals surface area contributed by atoms with E-state index in [1.165, 1.54) is 32.1 Å². The molecule has 0 radical (unpaired) electrons. The van der Waals surface area contributed by atoms with Crippen molar-refractivity contribution in [2.24, 2.45) is 5.92 Å². The first-order chi connectivity index (χ1) is 10.3. The Bertz CT molecular complexity index is 651. The zero-order valence-electron chi connectivity index (χ0n) is 11.9. The maximum absolute atomic E-state index is 11.4. The summed E-state index contributed by atoms with van der Waals surface area (Å²) in [5, 5.41) is 15.3. The SMILES string of the molecule is O=[N+]([O-])c1c(NCC2CCCCC2)ccc2ncccc12. The molecule has 1 aromatic carbocycles. The molecule has 1 aliphatic rings. The van der Waals surface area contributed by atoms with E-state index in [0.29, 0.717) is 22.5 Å². The van der Waals surface area contributed by atoms with Gasteiger partial charge >= 0.3 is 5.69 Å². The Morgan fingerprint density at radius 3 is 2.81 bits per heavy atom. The molecule has 5 heteroatoms. The van der Waals surface area contributed by atoms with E-state index >= 15 is 0 Å². The number of benzene rings is 1. The molecule has 0 atom stereocenters. The van der Waals surface area contributed by atoms with Crippen LogP contribution in [0, 0.1) is 16.0 Å². The Kier molecular flexibility index (Phi) is 3.99. The molecular formula is C16H19N3O2. The van der Waals surface area contributed by atoms with Crippen LogP contribution in [-0.2, 0) is 0 Å². The van der Waals surface area contributed by atoms with Gasteiger partial charge in [0.1, 0.15) is 5.69 Å². The highest BCUT2D eigenvalue weighted by Gasteiger charge is 2.20. The van der Waals surface area contributed by atoms with Crippen LogP contribution in [0.3, 0.4) is 0 Å². The molecule has 0 bridgehead atoms. The predicted octanol–water partition coefficient (Wildman–Crippen LogP) is 4.14. The number of aromatic nitrogens is 1. The summed E-state index contributed by atoms with van der Waals surface area (Å²) in [6, 6.07) is 7.11. The van der Waals surface area contributed by atoms with E-state index in [0.717, 1.165) is 6.54 Å². The minimum atomic E-state index is -0.312. The molecule has 2 aromatic rings. The smallest absolute Gasteiger partial charge is 0.301 e. The molecule has 1 N–H and O–H groups in total. The average Bonchev–Trinajstić information content (AvgIpc) is 2.53. The fraction of sp³-hybridized carbons (Fsp3) is 0.438. The van der Waals surface area contributed by atoms with Crippen molar-refractivity contribution in [3.63, 3.8) is 0 Å².